The minimum Gasteiger partial charge on any atom is -0.322 e. The standard InChI is InChI=1S/C13H9Cl2NOS/c14-8-1-6-11(12(15)7-8)13(17)16-9-2-4-10(18)5-3-9/h1-7,18H,(H,16,17). The van der Waals surface area contributed by atoms with Gasteiger partial charge < -0.3 is 5.32 Å². The lowest BCUT2D eigenvalue weighted by Gasteiger charge is -2.07. The van der Waals surface area contributed by atoms with E-state index in [-0.39, 0.29) is 5.91 Å². The predicted octanol–water partition coefficient (Wildman–Crippen LogP) is 4.53. The lowest BCUT2D eigenvalue weighted by atomic mass is 10.2. The molecule has 92 valence electrons. The summed E-state index contributed by atoms with van der Waals surface area (Å²) in [6.45, 7) is 0. The lowest BCUT2D eigenvalue weighted by molar-refractivity contribution is 0.102. The Kier molecular flexibility index (Phi) is 4.17. The third-order valence-corrected chi connectivity index (χ3v) is 3.15. The fraction of sp³-hybridized carbons (Fsp3) is 0. The molecule has 0 radical (unpaired) electrons. The summed E-state index contributed by atoms with van der Waals surface area (Å²) in [5.41, 5.74) is 1.07. The van der Waals surface area contributed by atoms with Gasteiger partial charge in [0.25, 0.3) is 5.91 Å². The monoisotopic (exact) mass is 297 g/mol. The minimum absolute atomic E-state index is 0.274. The Balaban J connectivity index is 2.19. The number of anilines is 1. The van der Waals surface area contributed by atoms with E-state index < -0.39 is 0 Å². The normalized spacial score (nSPS) is 10.2. The van der Waals surface area contributed by atoms with Crippen LogP contribution in [0.4, 0.5) is 5.69 Å². The molecule has 2 rings (SSSR count). The molecule has 0 aromatic heterocycles. The van der Waals surface area contributed by atoms with Crippen LogP contribution in [0.1, 0.15) is 10.4 Å². The third-order valence-electron chi connectivity index (χ3n) is 2.30. The second kappa shape index (κ2) is 5.65. The van der Waals surface area contributed by atoms with Crippen LogP contribution in [0.25, 0.3) is 0 Å². The molecule has 0 heterocycles. The number of hydrogen-bond donors (Lipinski definition) is 2. The molecule has 0 atom stereocenters. The van der Waals surface area contributed by atoms with Gasteiger partial charge in [-0.2, -0.15) is 0 Å². The molecule has 0 aliphatic rings. The molecule has 0 bridgehead atoms. The van der Waals surface area contributed by atoms with Crippen molar-refractivity contribution < 1.29 is 4.79 Å². The number of nitrogens with one attached hydrogen (secondary N) is 1. The van der Waals surface area contributed by atoms with E-state index in [2.05, 4.69) is 17.9 Å². The third kappa shape index (κ3) is 3.19. The van der Waals surface area contributed by atoms with Gasteiger partial charge in [-0.15, -0.1) is 12.6 Å². The van der Waals surface area contributed by atoms with Gasteiger partial charge in [-0.1, -0.05) is 23.2 Å². The van der Waals surface area contributed by atoms with Crippen LogP contribution in [0.15, 0.2) is 47.4 Å². The van der Waals surface area contributed by atoms with Crippen LogP contribution in [-0.4, -0.2) is 5.91 Å². The largest absolute Gasteiger partial charge is 0.322 e. The van der Waals surface area contributed by atoms with Crippen LogP contribution in [0, 0.1) is 0 Å². The zero-order valence-electron chi connectivity index (χ0n) is 9.15. The van der Waals surface area contributed by atoms with Crippen LogP contribution in [0.3, 0.4) is 0 Å². The zero-order chi connectivity index (χ0) is 13.1. The molecule has 0 aliphatic carbocycles. The first-order chi connectivity index (χ1) is 8.56. The highest BCUT2D eigenvalue weighted by Gasteiger charge is 2.10. The van der Waals surface area contributed by atoms with Crippen LogP contribution < -0.4 is 5.32 Å². The number of amides is 1. The summed E-state index contributed by atoms with van der Waals surface area (Å²) < 4.78 is 0. The molecule has 1 amide bonds. The van der Waals surface area contributed by atoms with Crippen molar-refractivity contribution in [2.75, 3.05) is 5.32 Å². The summed E-state index contributed by atoms with van der Waals surface area (Å²) in [7, 11) is 0. The molecule has 0 fully saturated rings. The summed E-state index contributed by atoms with van der Waals surface area (Å²) in [6.07, 6.45) is 0. The first-order valence-electron chi connectivity index (χ1n) is 5.12. The predicted molar refractivity (Wildman–Crippen MR) is 78.1 cm³/mol. The Morgan fingerprint density at radius 3 is 2.33 bits per heavy atom. The first-order valence-corrected chi connectivity index (χ1v) is 6.32. The fourth-order valence-electron chi connectivity index (χ4n) is 1.42. The quantitative estimate of drug-likeness (QED) is 0.783. The first kappa shape index (κ1) is 13.3. The number of hydrogen-bond acceptors (Lipinski definition) is 2. The van der Waals surface area contributed by atoms with Gasteiger partial charge in [-0.25, -0.2) is 0 Å². The van der Waals surface area contributed by atoms with E-state index in [1.54, 1.807) is 36.4 Å². The molecule has 2 aromatic carbocycles. The molecular weight excluding hydrogens is 289 g/mol. The van der Waals surface area contributed by atoms with Crippen molar-refractivity contribution in [3.8, 4) is 0 Å². The summed E-state index contributed by atoms with van der Waals surface area (Å²) in [5, 5.41) is 3.57. The molecule has 0 spiro atoms. The molecular formula is C13H9Cl2NOS. The lowest BCUT2D eigenvalue weighted by Crippen LogP contribution is -2.12. The van der Waals surface area contributed by atoms with Crippen LogP contribution >= 0.6 is 35.8 Å². The molecule has 0 saturated carbocycles. The average Bonchev–Trinajstić information content (AvgIpc) is 2.32. The average molecular weight is 298 g/mol. The number of thiol groups is 1. The summed E-state index contributed by atoms with van der Waals surface area (Å²) in [4.78, 5) is 12.8. The smallest absolute Gasteiger partial charge is 0.257 e. The molecule has 1 N–H and O–H groups in total. The van der Waals surface area contributed by atoms with Gasteiger partial charge in [0.2, 0.25) is 0 Å². The molecule has 2 aromatic rings. The molecule has 0 saturated heterocycles. The van der Waals surface area contributed by atoms with E-state index in [4.69, 9.17) is 23.2 Å². The number of carbonyl (C=O) groups is 1. The molecule has 0 unspecified atom stereocenters. The van der Waals surface area contributed by atoms with Gasteiger partial charge in [0.15, 0.2) is 0 Å². The summed E-state index contributed by atoms with van der Waals surface area (Å²) in [5.74, 6) is -0.274. The van der Waals surface area contributed by atoms with Crippen LogP contribution in [-0.2, 0) is 0 Å². The van der Waals surface area contributed by atoms with E-state index in [0.29, 0.717) is 21.3 Å². The maximum absolute atomic E-state index is 12.0. The Bertz CT molecular complexity index is 584. The molecule has 18 heavy (non-hydrogen) atoms. The van der Waals surface area contributed by atoms with Gasteiger partial charge in [0, 0.05) is 15.6 Å². The van der Waals surface area contributed by atoms with Crippen molar-refractivity contribution >= 4 is 47.4 Å². The summed E-state index contributed by atoms with van der Waals surface area (Å²) in [6, 6.07) is 11.9. The zero-order valence-corrected chi connectivity index (χ0v) is 11.6. The number of rotatable bonds is 2. The van der Waals surface area contributed by atoms with Crippen molar-refractivity contribution in [3.63, 3.8) is 0 Å². The maximum Gasteiger partial charge on any atom is 0.257 e. The number of carbonyl (C=O) groups excluding carboxylic acids is 1. The Labute approximate surface area is 120 Å². The van der Waals surface area contributed by atoms with Crippen molar-refractivity contribution in [1.82, 2.24) is 0 Å². The number of halogens is 2. The molecule has 2 nitrogen and oxygen atoms in total. The second-order valence-electron chi connectivity index (χ2n) is 3.63. The van der Waals surface area contributed by atoms with E-state index >= 15 is 0 Å². The maximum atomic E-state index is 12.0. The van der Waals surface area contributed by atoms with Gasteiger partial charge in [0.1, 0.15) is 0 Å². The van der Waals surface area contributed by atoms with E-state index in [1.165, 1.54) is 6.07 Å². The van der Waals surface area contributed by atoms with Gasteiger partial charge in [0.05, 0.1) is 10.6 Å². The van der Waals surface area contributed by atoms with Crippen molar-refractivity contribution in [1.29, 1.82) is 0 Å². The topological polar surface area (TPSA) is 29.1 Å². The van der Waals surface area contributed by atoms with E-state index in [1.807, 2.05) is 0 Å². The molecule has 5 heteroatoms. The Morgan fingerprint density at radius 2 is 1.72 bits per heavy atom. The highest BCUT2D eigenvalue weighted by atomic mass is 35.5. The van der Waals surface area contributed by atoms with Crippen molar-refractivity contribution in [3.05, 3.63) is 58.1 Å². The van der Waals surface area contributed by atoms with Crippen LogP contribution in [0.2, 0.25) is 10.0 Å². The van der Waals surface area contributed by atoms with E-state index in [0.717, 1.165) is 4.90 Å². The highest BCUT2D eigenvalue weighted by Crippen LogP contribution is 2.22. The minimum atomic E-state index is -0.274. The summed E-state index contributed by atoms with van der Waals surface area (Å²) >= 11 is 15.9. The Hall–Kier alpha value is -1.16. The van der Waals surface area contributed by atoms with Crippen molar-refractivity contribution in [2.24, 2.45) is 0 Å². The van der Waals surface area contributed by atoms with Crippen LogP contribution in [0.5, 0.6) is 0 Å². The second-order valence-corrected chi connectivity index (χ2v) is 4.99. The van der Waals surface area contributed by atoms with Gasteiger partial charge in [-0.3, -0.25) is 4.79 Å². The SMILES string of the molecule is O=C(Nc1ccc(S)cc1)c1ccc(Cl)cc1Cl. The van der Waals surface area contributed by atoms with E-state index in [9.17, 15) is 4.79 Å². The van der Waals surface area contributed by atoms with Gasteiger partial charge >= 0.3 is 0 Å². The molecule has 0 aliphatic heterocycles. The number of benzene rings is 2. The Morgan fingerprint density at radius 1 is 1.06 bits per heavy atom. The van der Waals surface area contributed by atoms with Gasteiger partial charge in [-0.05, 0) is 42.5 Å². The highest BCUT2D eigenvalue weighted by molar-refractivity contribution is 7.80. The van der Waals surface area contributed by atoms with Crippen molar-refractivity contribution in [2.45, 2.75) is 4.90 Å². The fourth-order valence-corrected chi connectivity index (χ4v) is 2.06.